The van der Waals surface area contributed by atoms with E-state index in [1.807, 2.05) is 11.9 Å². The summed E-state index contributed by atoms with van der Waals surface area (Å²) in [6.45, 7) is 2.94. The molecule has 1 unspecified atom stereocenters. The number of likely N-dealkylation sites (N-methyl/N-ethyl adjacent to an activating group) is 1. The number of hydrogen-bond acceptors (Lipinski definition) is 2. The monoisotopic (exact) mass is 276 g/mol. The molecule has 0 aliphatic heterocycles. The molecule has 4 heteroatoms. The van der Waals surface area contributed by atoms with E-state index in [1.54, 1.807) is 0 Å². The summed E-state index contributed by atoms with van der Waals surface area (Å²) < 4.78 is 0. The first-order chi connectivity index (χ1) is 8.15. The molecule has 0 aromatic rings. The van der Waals surface area contributed by atoms with Crippen molar-refractivity contribution in [2.45, 2.75) is 64.3 Å². The van der Waals surface area contributed by atoms with Gasteiger partial charge in [0.15, 0.2) is 0 Å². The first kappa shape index (κ1) is 17.7. The van der Waals surface area contributed by atoms with E-state index >= 15 is 0 Å². The maximum absolute atomic E-state index is 11.9. The normalized spacial score (nSPS) is 17.9. The van der Waals surface area contributed by atoms with Crippen LogP contribution in [0.2, 0.25) is 0 Å². The van der Waals surface area contributed by atoms with Crippen molar-refractivity contribution in [2.75, 3.05) is 13.6 Å². The van der Waals surface area contributed by atoms with Gasteiger partial charge in [-0.2, -0.15) is 0 Å². The lowest BCUT2D eigenvalue weighted by molar-refractivity contribution is -0.131. The van der Waals surface area contributed by atoms with Gasteiger partial charge in [-0.3, -0.25) is 4.79 Å². The molecule has 1 amide bonds. The van der Waals surface area contributed by atoms with E-state index < -0.39 is 0 Å². The zero-order valence-electron chi connectivity index (χ0n) is 11.9. The van der Waals surface area contributed by atoms with Gasteiger partial charge >= 0.3 is 0 Å². The van der Waals surface area contributed by atoms with Crippen LogP contribution in [0.1, 0.15) is 58.3 Å². The van der Waals surface area contributed by atoms with E-state index in [9.17, 15) is 4.79 Å². The number of carbonyl (C=O) groups excluding carboxylic acids is 1. The summed E-state index contributed by atoms with van der Waals surface area (Å²) in [6.07, 6.45) is 9.77. The zero-order valence-corrected chi connectivity index (χ0v) is 12.7. The van der Waals surface area contributed by atoms with E-state index in [-0.39, 0.29) is 24.4 Å². The van der Waals surface area contributed by atoms with Crippen molar-refractivity contribution in [1.82, 2.24) is 4.90 Å². The van der Waals surface area contributed by atoms with Crippen LogP contribution in [0, 0.1) is 5.92 Å². The van der Waals surface area contributed by atoms with Gasteiger partial charge in [0, 0.05) is 13.6 Å². The van der Waals surface area contributed by atoms with Crippen molar-refractivity contribution in [3.8, 4) is 0 Å². The second-order valence-corrected chi connectivity index (χ2v) is 5.45. The minimum atomic E-state index is -0.295. The molecule has 108 valence electrons. The standard InChI is InChI=1S/C14H28N2O.ClH/c1-3-7-13(15)14(17)16(2)11-10-12-8-5-4-6-9-12;/h12-13H,3-11,15H2,1-2H3;1H. The largest absolute Gasteiger partial charge is 0.344 e. The van der Waals surface area contributed by atoms with Gasteiger partial charge in [-0.15, -0.1) is 12.4 Å². The van der Waals surface area contributed by atoms with Crippen LogP contribution in [0.3, 0.4) is 0 Å². The molecule has 1 rings (SSSR count). The molecule has 1 aliphatic rings. The highest BCUT2D eigenvalue weighted by Crippen LogP contribution is 2.26. The SMILES string of the molecule is CCCC(N)C(=O)N(C)CCC1CCCCC1.Cl. The van der Waals surface area contributed by atoms with E-state index in [4.69, 9.17) is 5.73 Å². The Morgan fingerprint density at radius 1 is 1.33 bits per heavy atom. The van der Waals surface area contributed by atoms with Gasteiger partial charge in [-0.25, -0.2) is 0 Å². The smallest absolute Gasteiger partial charge is 0.239 e. The average molecular weight is 277 g/mol. The Morgan fingerprint density at radius 2 is 1.94 bits per heavy atom. The Bertz CT molecular complexity index is 230. The molecule has 2 N–H and O–H groups in total. The predicted octanol–water partition coefficient (Wildman–Crippen LogP) is 2.96. The van der Waals surface area contributed by atoms with Crippen molar-refractivity contribution in [2.24, 2.45) is 11.7 Å². The Kier molecular flexibility index (Phi) is 9.47. The third-order valence-electron chi connectivity index (χ3n) is 3.89. The summed E-state index contributed by atoms with van der Waals surface area (Å²) in [5.41, 5.74) is 5.85. The highest BCUT2D eigenvalue weighted by molar-refractivity contribution is 5.85. The highest BCUT2D eigenvalue weighted by atomic mass is 35.5. The van der Waals surface area contributed by atoms with Crippen molar-refractivity contribution in [3.05, 3.63) is 0 Å². The zero-order chi connectivity index (χ0) is 12.7. The topological polar surface area (TPSA) is 46.3 Å². The molecule has 0 heterocycles. The second kappa shape index (κ2) is 9.62. The number of nitrogens with zero attached hydrogens (tertiary/aromatic N) is 1. The van der Waals surface area contributed by atoms with Crippen LogP contribution in [0.25, 0.3) is 0 Å². The number of nitrogens with two attached hydrogens (primary N) is 1. The summed E-state index contributed by atoms with van der Waals surface area (Å²) in [5, 5.41) is 0. The molecule has 0 aromatic carbocycles. The molecule has 1 aliphatic carbocycles. The summed E-state index contributed by atoms with van der Waals surface area (Å²) >= 11 is 0. The molecule has 0 aromatic heterocycles. The van der Waals surface area contributed by atoms with Gasteiger partial charge in [0.25, 0.3) is 0 Å². The minimum Gasteiger partial charge on any atom is -0.344 e. The molecule has 0 saturated heterocycles. The average Bonchev–Trinajstić information content (AvgIpc) is 2.36. The predicted molar refractivity (Wildman–Crippen MR) is 79.0 cm³/mol. The number of rotatable bonds is 6. The first-order valence-electron chi connectivity index (χ1n) is 7.15. The molecule has 3 nitrogen and oxygen atoms in total. The van der Waals surface area contributed by atoms with Crippen LogP contribution in [0.4, 0.5) is 0 Å². The third kappa shape index (κ3) is 6.05. The maximum Gasteiger partial charge on any atom is 0.239 e. The van der Waals surface area contributed by atoms with Gasteiger partial charge in [0.1, 0.15) is 0 Å². The van der Waals surface area contributed by atoms with Crippen LogP contribution in [-0.4, -0.2) is 30.4 Å². The van der Waals surface area contributed by atoms with Gasteiger partial charge in [0.2, 0.25) is 5.91 Å². The van der Waals surface area contributed by atoms with Gasteiger partial charge < -0.3 is 10.6 Å². The molecule has 1 fully saturated rings. The van der Waals surface area contributed by atoms with E-state index in [0.717, 1.165) is 31.7 Å². The van der Waals surface area contributed by atoms with Gasteiger partial charge in [-0.1, -0.05) is 45.4 Å². The summed E-state index contributed by atoms with van der Waals surface area (Å²) in [4.78, 5) is 13.7. The Hall–Kier alpha value is -0.280. The van der Waals surface area contributed by atoms with Crippen molar-refractivity contribution in [3.63, 3.8) is 0 Å². The van der Waals surface area contributed by atoms with Crippen LogP contribution >= 0.6 is 12.4 Å². The minimum absolute atomic E-state index is 0. The lowest BCUT2D eigenvalue weighted by atomic mass is 9.87. The fourth-order valence-corrected chi connectivity index (χ4v) is 2.68. The third-order valence-corrected chi connectivity index (χ3v) is 3.89. The molecular weight excluding hydrogens is 248 g/mol. The second-order valence-electron chi connectivity index (χ2n) is 5.45. The van der Waals surface area contributed by atoms with Gasteiger partial charge in [-0.05, 0) is 18.8 Å². The molecule has 0 bridgehead atoms. The van der Waals surface area contributed by atoms with Gasteiger partial charge in [0.05, 0.1) is 6.04 Å². The number of hydrogen-bond donors (Lipinski definition) is 1. The Balaban J connectivity index is 0.00000289. The Morgan fingerprint density at radius 3 is 2.50 bits per heavy atom. The number of halogens is 1. The fourth-order valence-electron chi connectivity index (χ4n) is 2.68. The first-order valence-corrected chi connectivity index (χ1v) is 7.15. The molecule has 0 spiro atoms. The fraction of sp³-hybridized carbons (Fsp3) is 0.929. The van der Waals surface area contributed by atoms with Crippen LogP contribution in [0.15, 0.2) is 0 Å². The molecule has 1 saturated carbocycles. The van der Waals surface area contributed by atoms with Crippen molar-refractivity contribution >= 4 is 18.3 Å². The lowest BCUT2D eigenvalue weighted by Gasteiger charge is -2.26. The van der Waals surface area contributed by atoms with Crippen molar-refractivity contribution in [1.29, 1.82) is 0 Å². The lowest BCUT2D eigenvalue weighted by Crippen LogP contribution is -2.42. The highest BCUT2D eigenvalue weighted by Gasteiger charge is 2.19. The quantitative estimate of drug-likeness (QED) is 0.811. The van der Waals surface area contributed by atoms with Crippen LogP contribution in [0.5, 0.6) is 0 Å². The van der Waals surface area contributed by atoms with Crippen molar-refractivity contribution < 1.29 is 4.79 Å². The maximum atomic E-state index is 11.9. The summed E-state index contributed by atoms with van der Waals surface area (Å²) in [7, 11) is 1.89. The molecule has 1 atom stereocenters. The molecule has 18 heavy (non-hydrogen) atoms. The summed E-state index contributed by atoms with van der Waals surface area (Å²) in [5.74, 6) is 0.948. The molecular formula is C14H29ClN2O. The molecule has 0 radical (unpaired) electrons. The summed E-state index contributed by atoms with van der Waals surface area (Å²) in [6, 6.07) is -0.295. The van der Waals surface area contributed by atoms with E-state index in [1.165, 1.54) is 32.1 Å². The number of amides is 1. The van der Waals surface area contributed by atoms with E-state index in [2.05, 4.69) is 6.92 Å². The van der Waals surface area contributed by atoms with Crippen LogP contribution < -0.4 is 5.73 Å². The Labute approximate surface area is 118 Å². The van der Waals surface area contributed by atoms with E-state index in [0.29, 0.717) is 0 Å². The number of carbonyl (C=O) groups is 1. The van der Waals surface area contributed by atoms with Crippen LogP contribution in [-0.2, 0) is 4.79 Å².